The molecular weight excluding hydrogens is 323 g/mol. The van der Waals surface area contributed by atoms with Crippen LogP contribution in [0.25, 0.3) is 5.69 Å². The van der Waals surface area contributed by atoms with Crippen molar-refractivity contribution in [1.82, 2.24) is 19.7 Å². The molecule has 132 valence electrons. The van der Waals surface area contributed by atoms with Crippen LogP contribution in [0.5, 0.6) is 0 Å². The van der Waals surface area contributed by atoms with E-state index in [4.69, 9.17) is 4.74 Å². The molecule has 1 saturated carbocycles. The summed E-state index contributed by atoms with van der Waals surface area (Å²) in [7, 11) is 0. The Morgan fingerprint density at radius 1 is 1.24 bits per heavy atom. The highest BCUT2D eigenvalue weighted by molar-refractivity contribution is 5.90. The molecule has 1 saturated heterocycles. The summed E-state index contributed by atoms with van der Waals surface area (Å²) in [5.41, 5.74) is 0.683. The fourth-order valence-corrected chi connectivity index (χ4v) is 3.78. The number of halogens is 1. The highest BCUT2D eigenvalue weighted by atomic mass is 19.1. The van der Waals surface area contributed by atoms with E-state index in [0.717, 1.165) is 25.7 Å². The third kappa shape index (κ3) is 3.04. The topological polar surface area (TPSA) is 60.3 Å². The molecule has 1 aromatic carbocycles. The lowest BCUT2D eigenvalue weighted by atomic mass is 9.90. The van der Waals surface area contributed by atoms with Gasteiger partial charge in [-0.25, -0.2) is 14.1 Å². The average Bonchev–Trinajstić information content (AvgIpc) is 3.03. The number of fused-ring (bicyclic) bond motifs is 1. The van der Waals surface area contributed by atoms with Gasteiger partial charge in [-0.05, 0) is 44.0 Å². The average molecular weight is 344 g/mol. The second-order valence-electron chi connectivity index (χ2n) is 6.63. The zero-order valence-electron chi connectivity index (χ0n) is 14.2. The lowest BCUT2D eigenvalue weighted by Crippen LogP contribution is -2.55. The fraction of sp³-hybridized carbons (Fsp3) is 0.500. The molecule has 2 aliphatic rings. The van der Waals surface area contributed by atoms with Gasteiger partial charge in [0, 0.05) is 6.54 Å². The molecule has 1 aliphatic heterocycles. The van der Waals surface area contributed by atoms with E-state index < -0.39 is 0 Å². The van der Waals surface area contributed by atoms with Gasteiger partial charge in [0.15, 0.2) is 0 Å². The smallest absolute Gasteiger partial charge is 0.293 e. The third-order valence-electron chi connectivity index (χ3n) is 5.02. The summed E-state index contributed by atoms with van der Waals surface area (Å²) in [4.78, 5) is 19.2. The number of hydrogen-bond donors (Lipinski definition) is 0. The van der Waals surface area contributed by atoms with Crippen molar-refractivity contribution in [3.8, 4) is 5.69 Å². The highest BCUT2D eigenvalue weighted by Gasteiger charge is 2.38. The Hall–Kier alpha value is -2.28. The van der Waals surface area contributed by atoms with Crippen LogP contribution in [0.15, 0.2) is 24.3 Å². The van der Waals surface area contributed by atoms with Gasteiger partial charge >= 0.3 is 0 Å². The van der Waals surface area contributed by atoms with Crippen LogP contribution in [0.2, 0.25) is 0 Å². The molecule has 0 bridgehead atoms. The molecule has 1 aromatic heterocycles. The largest absolute Gasteiger partial charge is 0.374 e. The van der Waals surface area contributed by atoms with Crippen LogP contribution in [0.4, 0.5) is 4.39 Å². The van der Waals surface area contributed by atoms with Crippen LogP contribution in [-0.2, 0) is 4.74 Å². The molecule has 2 atom stereocenters. The van der Waals surface area contributed by atoms with Gasteiger partial charge in [-0.15, -0.1) is 5.10 Å². The van der Waals surface area contributed by atoms with Gasteiger partial charge in [0.1, 0.15) is 11.6 Å². The number of hydrogen-bond acceptors (Lipinski definition) is 4. The molecular formula is C18H21FN4O2. The summed E-state index contributed by atoms with van der Waals surface area (Å²) in [6.45, 7) is 2.92. The highest BCUT2D eigenvalue weighted by Crippen LogP contribution is 2.29. The molecule has 1 aliphatic carbocycles. The van der Waals surface area contributed by atoms with Crippen molar-refractivity contribution in [2.45, 2.75) is 44.8 Å². The monoisotopic (exact) mass is 344 g/mol. The van der Waals surface area contributed by atoms with Crippen LogP contribution in [0.3, 0.4) is 0 Å². The van der Waals surface area contributed by atoms with Gasteiger partial charge in [0.2, 0.25) is 5.82 Å². The number of nitrogens with zero attached hydrogens (tertiary/aromatic N) is 4. The molecule has 2 aromatic rings. The predicted octanol–water partition coefficient (Wildman–Crippen LogP) is 2.50. The number of aromatic nitrogens is 3. The summed E-state index contributed by atoms with van der Waals surface area (Å²) in [5, 5.41) is 4.37. The second kappa shape index (κ2) is 6.55. The maximum Gasteiger partial charge on any atom is 0.293 e. The minimum atomic E-state index is -0.311. The molecule has 4 rings (SSSR count). The molecule has 1 amide bonds. The van der Waals surface area contributed by atoms with Gasteiger partial charge < -0.3 is 9.64 Å². The summed E-state index contributed by atoms with van der Waals surface area (Å²) >= 11 is 0. The Labute approximate surface area is 145 Å². The minimum Gasteiger partial charge on any atom is -0.374 e. The first-order chi connectivity index (χ1) is 12.1. The normalized spacial score (nSPS) is 23.4. The van der Waals surface area contributed by atoms with Gasteiger partial charge in [-0.1, -0.05) is 12.8 Å². The summed E-state index contributed by atoms with van der Waals surface area (Å²) in [6.07, 6.45) is 4.37. The first kappa shape index (κ1) is 16.2. The summed E-state index contributed by atoms with van der Waals surface area (Å²) in [5.74, 6) is 0.329. The van der Waals surface area contributed by atoms with E-state index in [1.807, 2.05) is 4.90 Å². The van der Waals surface area contributed by atoms with Crippen LogP contribution >= 0.6 is 0 Å². The van der Waals surface area contributed by atoms with E-state index in [1.54, 1.807) is 23.7 Å². The molecule has 0 spiro atoms. The first-order valence-electron chi connectivity index (χ1n) is 8.75. The maximum absolute atomic E-state index is 13.1. The number of ether oxygens (including phenoxy) is 1. The van der Waals surface area contributed by atoms with Crippen molar-refractivity contribution in [2.24, 2.45) is 0 Å². The lowest BCUT2D eigenvalue weighted by Gasteiger charge is -2.43. The molecule has 7 heteroatoms. The van der Waals surface area contributed by atoms with Crippen molar-refractivity contribution in [1.29, 1.82) is 0 Å². The molecule has 6 nitrogen and oxygen atoms in total. The van der Waals surface area contributed by atoms with Crippen LogP contribution in [0, 0.1) is 12.7 Å². The van der Waals surface area contributed by atoms with Gasteiger partial charge in [0.05, 0.1) is 24.4 Å². The molecule has 2 heterocycles. The molecule has 0 radical (unpaired) electrons. The minimum absolute atomic E-state index is 0.119. The van der Waals surface area contributed by atoms with E-state index >= 15 is 0 Å². The number of aryl methyl sites for hydroxylation is 1. The molecule has 0 unspecified atom stereocenters. The first-order valence-corrected chi connectivity index (χ1v) is 8.75. The standard InChI is InChI=1S/C18H21FN4O2/c1-12-20-17(21-23(12)14-8-6-13(19)7-9-14)18(24)22-10-11-25-16-5-3-2-4-15(16)22/h6-9,15-16H,2-5,10-11H2,1H3/t15-,16+/m1/s1. The number of rotatable bonds is 2. The lowest BCUT2D eigenvalue weighted by molar-refractivity contribution is -0.0755. The van der Waals surface area contributed by atoms with E-state index in [0.29, 0.717) is 24.7 Å². The van der Waals surface area contributed by atoms with E-state index in [1.165, 1.54) is 12.1 Å². The summed E-state index contributed by atoms with van der Waals surface area (Å²) < 4.78 is 20.5. The van der Waals surface area contributed by atoms with Crippen molar-refractivity contribution in [2.75, 3.05) is 13.2 Å². The van der Waals surface area contributed by atoms with E-state index in [9.17, 15) is 9.18 Å². The third-order valence-corrected chi connectivity index (χ3v) is 5.02. The van der Waals surface area contributed by atoms with Crippen molar-refractivity contribution < 1.29 is 13.9 Å². The van der Waals surface area contributed by atoms with E-state index in [2.05, 4.69) is 10.1 Å². The van der Waals surface area contributed by atoms with Gasteiger partial charge in [0.25, 0.3) is 5.91 Å². The number of amides is 1. The quantitative estimate of drug-likeness (QED) is 0.840. The number of carbonyl (C=O) groups is 1. The van der Waals surface area contributed by atoms with Crippen molar-refractivity contribution in [3.63, 3.8) is 0 Å². The Morgan fingerprint density at radius 2 is 2.00 bits per heavy atom. The van der Waals surface area contributed by atoms with Crippen LogP contribution < -0.4 is 0 Å². The van der Waals surface area contributed by atoms with Gasteiger partial charge in [-0.2, -0.15) is 0 Å². The number of benzene rings is 1. The Balaban J connectivity index is 1.60. The van der Waals surface area contributed by atoms with Crippen molar-refractivity contribution >= 4 is 5.91 Å². The SMILES string of the molecule is Cc1nc(C(=O)N2CCO[C@H]3CCCC[C@H]32)nn1-c1ccc(F)cc1. The molecule has 0 N–H and O–H groups in total. The Kier molecular flexibility index (Phi) is 4.25. The fourth-order valence-electron chi connectivity index (χ4n) is 3.78. The maximum atomic E-state index is 13.1. The van der Waals surface area contributed by atoms with Crippen LogP contribution in [0.1, 0.15) is 42.1 Å². The number of carbonyl (C=O) groups excluding carboxylic acids is 1. The molecule has 2 fully saturated rings. The summed E-state index contributed by atoms with van der Waals surface area (Å²) in [6, 6.07) is 6.10. The predicted molar refractivity (Wildman–Crippen MR) is 89.1 cm³/mol. The van der Waals surface area contributed by atoms with Crippen molar-refractivity contribution in [3.05, 3.63) is 41.7 Å². The molecule has 25 heavy (non-hydrogen) atoms. The Bertz CT molecular complexity index is 772. The van der Waals surface area contributed by atoms with Gasteiger partial charge in [-0.3, -0.25) is 4.79 Å². The Morgan fingerprint density at radius 3 is 2.80 bits per heavy atom. The zero-order chi connectivity index (χ0) is 17.4. The number of morpholine rings is 1. The zero-order valence-corrected chi connectivity index (χ0v) is 14.2. The second-order valence-corrected chi connectivity index (χ2v) is 6.63. The van der Waals surface area contributed by atoms with Crippen LogP contribution in [-0.4, -0.2) is 50.9 Å². The van der Waals surface area contributed by atoms with E-state index in [-0.39, 0.29) is 29.7 Å².